The first-order chi connectivity index (χ1) is 18.6. The number of carbonyl (C=O) groups excluding carboxylic acids is 1. The Balaban J connectivity index is 1.30. The van der Waals surface area contributed by atoms with Crippen molar-refractivity contribution in [3.63, 3.8) is 0 Å². The first-order valence-electron chi connectivity index (χ1n) is 12.4. The van der Waals surface area contributed by atoms with Crippen LogP contribution in [-0.2, 0) is 11.3 Å². The smallest absolute Gasteiger partial charge is 0.253 e. The number of benzene rings is 4. The summed E-state index contributed by atoms with van der Waals surface area (Å²) < 4.78 is 1.98. The van der Waals surface area contributed by atoms with Crippen molar-refractivity contribution in [1.29, 1.82) is 0 Å². The molecule has 7 nitrogen and oxygen atoms in total. The molecule has 0 unspecified atom stereocenters. The molecule has 0 saturated heterocycles. The molecule has 0 spiro atoms. The van der Waals surface area contributed by atoms with E-state index < -0.39 is 5.25 Å². The predicted molar refractivity (Wildman–Crippen MR) is 155 cm³/mol. The van der Waals surface area contributed by atoms with Gasteiger partial charge in [-0.15, -0.1) is 10.2 Å². The van der Waals surface area contributed by atoms with E-state index in [1.807, 2.05) is 97.3 Å². The molecular formula is C30H28N6OS. The second-order valence-electron chi connectivity index (χ2n) is 8.78. The van der Waals surface area contributed by atoms with E-state index in [4.69, 9.17) is 0 Å². The molecule has 1 atom stereocenters. The molecule has 1 heterocycles. The number of anilines is 1. The van der Waals surface area contributed by atoms with E-state index in [-0.39, 0.29) is 5.91 Å². The Hall–Kier alpha value is -4.43. The lowest BCUT2D eigenvalue weighted by molar-refractivity contribution is -0.120. The van der Waals surface area contributed by atoms with Gasteiger partial charge in [-0.05, 0) is 60.5 Å². The van der Waals surface area contributed by atoms with Gasteiger partial charge >= 0.3 is 0 Å². The summed E-state index contributed by atoms with van der Waals surface area (Å²) in [6, 6.07) is 34.2. The highest BCUT2D eigenvalue weighted by Crippen LogP contribution is 2.26. The van der Waals surface area contributed by atoms with Crippen molar-refractivity contribution >= 4 is 39.8 Å². The van der Waals surface area contributed by atoms with E-state index in [0.717, 1.165) is 33.9 Å². The van der Waals surface area contributed by atoms with Crippen LogP contribution in [0.2, 0.25) is 0 Å². The predicted octanol–water partition coefficient (Wildman–Crippen LogP) is 6.05. The maximum Gasteiger partial charge on any atom is 0.253 e. The molecule has 5 rings (SSSR count). The van der Waals surface area contributed by atoms with Gasteiger partial charge in [0.2, 0.25) is 0 Å². The second kappa shape index (κ2) is 11.7. The van der Waals surface area contributed by atoms with Gasteiger partial charge in [0.25, 0.3) is 5.91 Å². The van der Waals surface area contributed by atoms with E-state index in [1.165, 1.54) is 17.1 Å². The van der Waals surface area contributed by atoms with Crippen LogP contribution in [0.15, 0.2) is 113 Å². The molecule has 0 aliphatic carbocycles. The van der Waals surface area contributed by atoms with Gasteiger partial charge < -0.3 is 5.32 Å². The largest absolute Gasteiger partial charge is 0.378 e. The molecule has 1 amide bonds. The van der Waals surface area contributed by atoms with Gasteiger partial charge in [0.15, 0.2) is 11.0 Å². The minimum Gasteiger partial charge on any atom is -0.378 e. The van der Waals surface area contributed by atoms with E-state index in [1.54, 1.807) is 0 Å². The quantitative estimate of drug-likeness (QED) is 0.140. The molecule has 4 aromatic carbocycles. The Morgan fingerprint density at radius 2 is 1.58 bits per heavy atom. The number of thioether (sulfide) groups is 1. The normalized spacial score (nSPS) is 12.3. The molecule has 0 fully saturated rings. The van der Waals surface area contributed by atoms with Gasteiger partial charge in [-0.25, -0.2) is 5.43 Å². The highest BCUT2D eigenvalue weighted by molar-refractivity contribution is 8.00. The summed E-state index contributed by atoms with van der Waals surface area (Å²) in [6.45, 7) is 4.22. The van der Waals surface area contributed by atoms with Crippen LogP contribution in [0.1, 0.15) is 25.2 Å². The Labute approximate surface area is 226 Å². The lowest BCUT2D eigenvalue weighted by atomic mass is 10.0. The molecule has 2 N–H and O–H groups in total. The van der Waals surface area contributed by atoms with Crippen molar-refractivity contribution < 1.29 is 4.79 Å². The fraction of sp³-hybridized carbons (Fsp3) is 0.133. The maximum atomic E-state index is 13.0. The van der Waals surface area contributed by atoms with Crippen LogP contribution in [0, 0.1) is 0 Å². The molecule has 190 valence electrons. The van der Waals surface area contributed by atoms with E-state index in [0.29, 0.717) is 11.7 Å². The third kappa shape index (κ3) is 5.92. The van der Waals surface area contributed by atoms with Gasteiger partial charge in [0, 0.05) is 11.4 Å². The molecule has 8 heteroatoms. The average molecular weight is 521 g/mol. The van der Waals surface area contributed by atoms with Crippen LogP contribution in [0.4, 0.5) is 5.69 Å². The fourth-order valence-electron chi connectivity index (χ4n) is 3.99. The highest BCUT2D eigenvalue weighted by atomic mass is 32.2. The van der Waals surface area contributed by atoms with Crippen molar-refractivity contribution in [2.45, 2.75) is 30.8 Å². The first-order valence-corrected chi connectivity index (χ1v) is 13.2. The zero-order chi connectivity index (χ0) is 26.3. The molecule has 0 radical (unpaired) electrons. The van der Waals surface area contributed by atoms with Crippen LogP contribution in [0.25, 0.3) is 16.5 Å². The first kappa shape index (κ1) is 25.2. The van der Waals surface area contributed by atoms with Gasteiger partial charge in [-0.2, -0.15) is 5.10 Å². The zero-order valence-corrected chi connectivity index (χ0v) is 22.0. The van der Waals surface area contributed by atoms with Gasteiger partial charge in [0.05, 0.1) is 17.5 Å². The van der Waals surface area contributed by atoms with Crippen molar-refractivity contribution in [3.8, 4) is 5.69 Å². The van der Waals surface area contributed by atoms with Gasteiger partial charge in [-0.1, -0.05) is 84.6 Å². The monoisotopic (exact) mass is 520 g/mol. The van der Waals surface area contributed by atoms with Crippen molar-refractivity contribution in [1.82, 2.24) is 20.2 Å². The molecule has 5 aromatic rings. The number of hydrazone groups is 1. The fourth-order valence-corrected chi connectivity index (χ4v) is 4.87. The van der Waals surface area contributed by atoms with Crippen LogP contribution in [-0.4, -0.2) is 31.6 Å². The topological polar surface area (TPSA) is 84.2 Å². The Kier molecular flexibility index (Phi) is 7.80. The highest BCUT2D eigenvalue weighted by Gasteiger charge is 2.21. The molecule has 38 heavy (non-hydrogen) atoms. The van der Waals surface area contributed by atoms with Crippen LogP contribution >= 0.6 is 11.8 Å². The number of hydrogen-bond acceptors (Lipinski definition) is 6. The number of nitrogens with zero attached hydrogens (tertiary/aromatic N) is 4. The summed E-state index contributed by atoms with van der Waals surface area (Å²) in [6.07, 6.45) is 0. The summed E-state index contributed by atoms with van der Waals surface area (Å²) >= 11 is 1.35. The maximum absolute atomic E-state index is 13.0. The Morgan fingerprint density at radius 3 is 2.34 bits per heavy atom. The minimum atomic E-state index is -0.440. The number of fused-ring (bicyclic) bond motifs is 1. The number of para-hydroxylation sites is 2. The molecule has 1 aromatic heterocycles. The molecule has 0 saturated carbocycles. The minimum absolute atomic E-state index is 0.207. The number of aromatic nitrogens is 3. The van der Waals surface area contributed by atoms with E-state index in [9.17, 15) is 4.79 Å². The van der Waals surface area contributed by atoms with Crippen LogP contribution in [0.3, 0.4) is 0 Å². The van der Waals surface area contributed by atoms with Crippen LogP contribution < -0.4 is 10.7 Å². The Morgan fingerprint density at radius 1 is 0.895 bits per heavy atom. The van der Waals surface area contributed by atoms with Crippen molar-refractivity contribution in [3.05, 3.63) is 115 Å². The summed E-state index contributed by atoms with van der Waals surface area (Å²) in [5, 5.41) is 19.1. The van der Waals surface area contributed by atoms with E-state index in [2.05, 4.69) is 50.3 Å². The molecule has 0 aliphatic heterocycles. The lowest BCUT2D eigenvalue weighted by Crippen LogP contribution is -2.28. The molecule has 0 bridgehead atoms. The number of hydrogen-bond donors (Lipinski definition) is 2. The summed E-state index contributed by atoms with van der Waals surface area (Å²) in [5.74, 6) is 0.544. The third-order valence-corrected chi connectivity index (χ3v) is 7.13. The lowest BCUT2D eigenvalue weighted by Gasteiger charge is -2.13. The third-order valence-electron chi connectivity index (χ3n) is 6.09. The van der Waals surface area contributed by atoms with Gasteiger partial charge in [-0.3, -0.25) is 9.36 Å². The van der Waals surface area contributed by atoms with Crippen LogP contribution in [0.5, 0.6) is 0 Å². The SMILES string of the molecule is CC(=NNC(=O)[C@@H](C)Sc1nnc(CNc2ccccc2)n1-c1ccccc1)c1ccc2ccccc2c1. The summed E-state index contributed by atoms with van der Waals surface area (Å²) in [4.78, 5) is 13.0. The molecule has 0 aliphatic rings. The standard InChI is InChI=1S/C30H28N6OS/c1-21(24-18-17-23-11-9-10-12-25(23)19-24)32-34-29(37)22(2)38-30-35-33-28(20-31-26-13-5-3-6-14-26)36(30)27-15-7-4-8-16-27/h3-19,22,31H,20H2,1-2H3,(H,34,37)/t22-/m1/s1. The number of rotatable bonds is 9. The number of carbonyl (C=O) groups is 1. The second-order valence-corrected chi connectivity index (χ2v) is 10.1. The molecular weight excluding hydrogens is 492 g/mol. The summed E-state index contributed by atoms with van der Waals surface area (Å²) in [5.41, 5.74) is 6.35. The van der Waals surface area contributed by atoms with Gasteiger partial charge in [0.1, 0.15) is 0 Å². The Bertz CT molecular complexity index is 1570. The summed E-state index contributed by atoms with van der Waals surface area (Å²) in [7, 11) is 0. The average Bonchev–Trinajstić information content (AvgIpc) is 3.37. The van der Waals surface area contributed by atoms with E-state index >= 15 is 0 Å². The van der Waals surface area contributed by atoms with Crippen molar-refractivity contribution in [2.75, 3.05) is 5.32 Å². The van der Waals surface area contributed by atoms with Crippen molar-refractivity contribution in [2.24, 2.45) is 5.10 Å². The number of amides is 1. The zero-order valence-electron chi connectivity index (χ0n) is 21.2. The number of nitrogens with one attached hydrogen (secondary N) is 2.